The van der Waals surface area contributed by atoms with E-state index in [4.69, 9.17) is 5.84 Å². The molecule has 2 amide bonds. The molecule has 70 valence electrons. The Morgan fingerprint density at radius 3 is 2.67 bits per heavy atom. The third kappa shape index (κ3) is 2.11. The molecule has 1 fully saturated rings. The molecule has 0 aromatic carbocycles. The number of amides is 2. The molecule has 0 spiro atoms. The first-order valence-electron chi connectivity index (χ1n) is 4.55. The molecule has 4 N–H and O–H groups in total. The van der Waals surface area contributed by atoms with Crippen molar-refractivity contribution in [2.45, 2.75) is 38.6 Å². The van der Waals surface area contributed by atoms with Gasteiger partial charge in [0.2, 0.25) is 0 Å². The molecule has 12 heavy (non-hydrogen) atoms. The molecular formula is C8H17N3O. The van der Waals surface area contributed by atoms with Crippen LogP contribution in [0.4, 0.5) is 4.79 Å². The molecule has 0 heterocycles. The highest BCUT2D eigenvalue weighted by Crippen LogP contribution is 2.30. The van der Waals surface area contributed by atoms with Crippen molar-refractivity contribution in [1.29, 1.82) is 0 Å². The first kappa shape index (κ1) is 9.32. The van der Waals surface area contributed by atoms with Gasteiger partial charge in [-0.25, -0.2) is 10.6 Å². The van der Waals surface area contributed by atoms with E-state index < -0.39 is 0 Å². The van der Waals surface area contributed by atoms with Crippen molar-refractivity contribution in [2.75, 3.05) is 0 Å². The molecule has 0 bridgehead atoms. The second kappa shape index (κ2) is 4.30. The maximum atomic E-state index is 10.9. The highest BCUT2D eigenvalue weighted by molar-refractivity contribution is 5.73. The Morgan fingerprint density at radius 2 is 2.33 bits per heavy atom. The van der Waals surface area contributed by atoms with Gasteiger partial charge < -0.3 is 5.32 Å². The van der Waals surface area contributed by atoms with Gasteiger partial charge in [0.05, 0.1) is 0 Å². The van der Waals surface area contributed by atoms with Crippen molar-refractivity contribution in [2.24, 2.45) is 11.8 Å². The number of hydrogen-bond acceptors (Lipinski definition) is 2. The van der Waals surface area contributed by atoms with E-state index in [1.54, 1.807) is 0 Å². The molecule has 1 atom stereocenters. The van der Waals surface area contributed by atoms with Crippen molar-refractivity contribution in [1.82, 2.24) is 10.7 Å². The average molecular weight is 171 g/mol. The van der Waals surface area contributed by atoms with Crippen LogP contribution in [-0.2, 0) is 0 Å². The van der Waals surface area contributed by atoms with Crippen molar-refractivity contribution in [3.63, 3.8) is 0 Å². The number of hydrogen-bond donors (Lipinski definition) is 3. The predicted molar refractivity (Wildman–Crippen MR) is 47.3 cm³/mol. The van der Waals surface area contributed by atoms with E-state index >= 15 is 0 Å². The van der Waals surface area contributed by atoms with Gasteiger partial charge in [-0.2, -0.15) is 0 Å². The van der Waals surface area contributed by atoms with Gasteiger partial charge in [0.1, 0.15) is 0 Å². The Morgan fingerprint density at radius 1 is 1.67 bits per heavy atom. The van der Waals surface area contributed by atoms with Crippen LogP contribution in [0.25, 0.3) is 0 Å². The van der Waals surface area contributed by atoms with E-state index in [9.17, 15) is 4.79 Å². The van der Waals surface area contributed by atoms with E-state index in [1.165, 1.54) is 19.3 Å². The van der Waals surface area contributed by atoms with Crippen molar-refractivity contribution < 1.29 is 4.79 Å². The topological polar surface area (TPSA) is 67.2 Å². The summed E-state index contributed by atoms with van der Waals surface area (Å²) >= 11 is 0. The fraction of sp³-hybridized carbons (Fsp3) is 0.875. The molecule has 1 aliphatic rings. The smallest absolute Gasteiger partial charge is 0.329 e. The Hall–Kier alpha value is -0.770. The van der Waals surface area contributed by atoms with Crippen LogP contribution in [0.2, 0.25) is 0 Å². The van der Waals surface area contributed by atoms with E-state index in [2.05, 4.69) is 17.7 Å². The van der Waals surface area contributed by atoms with E-state index in [0.29, 0.717) is 12.0 Å². The van der Waals surface area contributed by atoms with Crippen LogP contribution < -0.4 is 16.6 Å². The molecule has 4 heteroatoms. The highest BCUT2D eigenvalue weighted by atomic mass is 16.2. The lowest BCUT2D eigenvalue weighted by molar-refractivity contribution is 0.205. The van der Waals surface area contributed by atoms with E-state index in [0.717, 1.165) is 6.42 Å². The molecule has 0 radical (unpaired) electrons. The Bertz CT molecular complexity index is 156. The maximum Gasteiger partial charge on any atom is 0.329 e. The number of carbonyl (C=O) groups is 1. The number of hydrazine groups is 1. The summed E-state index contributed by atoms with van der Waals surface area (Å²) in [6, 6.07) is 0.0380. The van der Waals surface area contributed by atoms with Crippen molar-refractivity contribution in [3.8, 4) is 0 Å². The predicted octanol–water partition coefficient (Wildman–Crippen LogP) is 0.738. The fourth-order valence-electron chi connectivity index (χ4n) is 1.61. The summed E-state index contributed by atoms with van der Waals surface area (Å²) in [7, 11) is 0. The third-order valence-corrected chi connectivity index (χ3v) is 2.61. The summed E-state index contributed by atoms with van der Waals surface area (Å²) in [5, 5.41) is 2.84. The van der Waals surface area contributed by atoms with Gasteiger partial charge in [-0.3, -0.25) is 5.43 Å². The summed E-state index contributed by atoms with van der Waals surface area (Å²) in [5.74, 6) is 5.65. The van der Waals surface area contributed by atoms with Gasteiger partial charge in [0, 0.05) is 6.04 Å². The molecule has 0 aromatic rings. The summed E-state index contributed by atoms with van der Waals surface area (Å²) in [4.78, 5) is 10.9. The minimum atomic E-state index is -0.270. The Balaban J connectivity index is 2.29. The first-order valence-corrected chi connectivity index (χ1v) is 4.55. The second-order valence-corrected chi connectivity index (χ2v) is 3.32. The zero-order valence-electron chi connectivity index (χ0n) is 7.47. The van der Waals surface area contributed by atoms with Crippen LogP contribution in [0.3, 0.4) is 0 Å². The zero-order chi connectivity index (χ0) is 8.97. The van der Waals surface area contributed by atoms with Gasteiger partial charge >= 0.3 is 6.03 Å². The Kier molecular flexibility index (Phi) is 3.34. The first-order chi connectivity index (χ1) is 5.77. The van der Waals surface area contributed by atoms with Gasteiger partial charge in [-0.1, -0.05) is 13.3 Å². The summed E-state index contributed by atoms with van der Waals surface area (Å²) in [6.07, 6.45) is 4.76. The fourth-order valence-corrected chi connectivity index (χ4v) is 1.61. The lowest BCUT2D eigenvalue weighted by Crippen LogP contribution is -2.48. The molecule has 1 rings (SSSR count). The lowest BCUT2D eigenvalue weighted by atomic mass is 9.79. The molecule has 0 saturated heterocycles. The second-order valence-electron chi connectivity index (χ2n) is 3.32. The van der Waals surface area contributed by atoms with Crippen LogP contribution in [-0.4, -0.2) is 12.1 Å². The van der Waals surface area contributed by atoms with Crippen LogP contribution in [0.1, 0.15) is 32.6 Å². The SMILES string of the molecule is CCC(NC(=O)NN)C1CCC1. The normalized spacial score (nSPS) is 19.5. The Labute approximate surface area is 72.9 Å². The molecule has 0 aromatic heterocycles. The summed E-state index contributed by atoms with van der Waals surface area (Å²) in [5.41, 5.74) is 2.08. The molecular weight excluding hydrogens is 154 g/mol. The largest absolute Gasteiger partial charge is 0.334 e. The maximum absolute atomic E-state index is 10.9. The van der Waals surface area contributed by atoms with Gasteiger partial charge in [0.15, 0.2) is 0 Å². The molecule has 4 nitrogen and oxygen atoms in total. The van der Waals surface area contributed by atoms with E-state index in [1.807, 2.05) is 0 Å². The summed E-state index contributed by atoms with van der Waals surface area (Å²) in [6.45, 7) is 2.08. The minimum absolute atomic E-state index is 0.270. The third-order valence-electron chi connectivity index (χ3n) is 2.61. The zero-order valence-corrected chi connectivity index (χ0v) is 7.47. The molecule has 1 unspecified atom stereocenters. The quantitative estimate of drug-likeness (QED) is 0.333. The lowest BCUT2D eigenvalue weighted by Gasteiger charge is -2.33. The number of nitrogens with one attached hydrogen (secondary N) is 2. The van der Waals surface area contributed by atoms with Crippen LogP contribution in [0, 0.1) is 5.92 Å². The number of rotatable bonds is 3. The molecule has 0 aliphatic heterocycles. The van der Waals surface area contributed by atoms with Gasteiger partial charge in [-0.05, 0) is 25.2 Å². The molecule has 1 aliphatic carbocycles. The highest BCUT2D eigenvalue weighted by Gasteiger charge is 2.26. The summed E-state index contributed by atoms with van der Waals surface area (Å²) < 4.78 is 0. The van der Waals surface area contributed by atoms with Crippen molar-refractivity contribution >= 4 is 6.03 Å². The number of urea groups is 1. The number of carbonyl (C=O) groups excluding carboxylic acids is 1. The van der Waals surface area contributed by atoms with E-state index in [-0.39, 0.29) is 6.03 Å². The minimum Gasteiger partial charge on any atom is -0.334 e. The standard InChI is InChI=1S/C8H17N3O/c1-2-7(6-4-3-5-6)10-8(12)11-9/h6-7H,2-5,9H2,1H3,(H2,10,11,12). The number of nitrogens with two attached hydrogens (primary N) is 1. The molecule has 1 saturated carbocycles. The average Bonchev–Trinajstić information content (AvgIpc) is 1.99. The van der Waals surface area contributed by atoms with Crippen molar-refractivity contribution in [3.05, 3.63) is 0 Å². The monoisotopic (exact) mass is 171 g/mol. The van der Waals surface area contributed by atoms with Crippen LogP contribution >= 0.6 is 0 Å². The van der Waals surface area contributed by atoms with Crippen LogP contribution in [0.15, 0.2) is 0 Å². The van der Waals surface area contributed by atoms with Gasteiger partial charge in [0.25, 0.3) is 0 Å². The van der Waals surface area contributed by atoms with Gasteiger partial charge in [-0.15, -0.1) is 0 Å². The van der Waals surface area contributed by atoms with Crippen LogP contribution in [0.5, 0.6) is 0 Å².